The molecule has 1 aromatic rings. The molecule has 1 aromatic carbocycles. The topological polar surface area (TPSA) is 66.4 Å². The molecule has 1 unspecified atom stereocenters. The van der Waals surface area contributed by atoms with Gasteiger partial charge in [-0.25, -0.2) is 17.5 Å². The van der Waals surface area contributed by atoms with E-state index in [1.807, 2.05) is 0 Å². The third-order valence-electron chi connectivity index (χ3n) is 2.72. The van der Waals surface area contributed by atoms with E-state index in [0.717, 1.165) is 22.9 Å². The van der Waals surface area contributed by atoms with Crippen molar-refractivity contribution in [3.05, 3.63) is 30.1 Å². The molecule has 1 atom stereocenters. The van der Waals surface area contributed by atoms with E-state index < -0.39 is 51.7 Å². The van der Waals surface area contributed by atoms with Crippen LogP contribution in [0.25, 0.3) is 0 Å². The number of rotatable bonds is 5. The third kappa shape index (κ3) is 5.04. The second kappa shape index (κ2) is 6.61. The lowest BCUT2D eigenvalue weighted by Gasteiger charge is -2.29. The number of halogens is 7. The second-order valence-electron chi connectivity index (χ2n) is 4.43. The lowest BCUT2D eigenvalue weighted by Crippen LogP contribution is -2.54. The highest BCUT2D eigenvalue weighted by atomic mass is 32.2. The monoisotopic (exact) mass is 369 g/mol. The number of hydrogen-bond acceptors (Lipinski definition) is 3. The Morgan fingerprint density at radius 2 is 1.61 bits per heavy atom. The maximum atomic E-state index is 13.0. The van der Waals surface area contributed by atoms with Gasteiger partial charge in [0.1, 0.15) is 5.82 Å². The summed E-state index contributed by atoms with van der Waals surface area (Å²) in [5.41, 5.74) is 0. The van der Waals surface area contributed by atoms with Crippen molar-refractivity contribution < 1.29 is 44.3 Å². The Morgan fingerprint density at radius 1 is 1.09 bits per heavy atom. The van der Waals surface area contributed by atoms with Gasteiger partial charge in [0.15, 0.2) is 5.92 Å². The Hall–Kier alpha value is -1.40. The van der Waals surface area contributed by atoms with Gasteiger partial charge in [-0.05, 0) is 18.2 Å². The number of sulfonamides is 1. The van der Waals surface area contributed by atoms with Crippen LogP contribution in [0.3, 0.4) is 0 Å². The molecule has 0 saturated carbocycles. The van der Waals surface area contributed by atoms with E-state index in [4.69, 9.17) is 5.11 Å². The molecule has 12 heteroatoms. The SMILES string of the molecule is O=S(=O)(NC(CO)C(C(F)(F)F)C(F)(F)F)c1cccc(F)c1. The fourth-order valence-corrected chi connectivity index (χ4v) is 3.02. The Bertz CT molecular complexity index is 628. The molecule has 0 aromatic heterocycles. The Kier molecular flexibility index (Phi) is 5.65. The summed E-state index contributed by atoms with van der Waals surface area (Å²) in [5.74, 6) is -5.18. The van der Waals surface area contributed by atoms with E-state index in [-0.39, 0.29) is 0 Å². The highest BCUT2D eigenvalue weighted by Crippen LogP contribution is 2.41. The number of aliphatic hydroxyl groups excluding tert-OH is 1. The maximum absolute atomic E-state index is 13.0. The van der Waals surface area contributed by atoms with Crippen molar-refractivity contribution in [2.24, 2.45) is 5.92 Å². The molecule has 23 heavy (non-hydrogen) atoms. The first-order chi connectivity index (χ1) is 10.3. The molecule has 0 aliphatic rings. The van der Waals surface area contributed by atoms with Crippen molar-refractivity contribution in [3.8, 4) is 0 Å². The van der Waals surface area contributed by atoms with Crippen LogP contribution in [0.5, 0.6) is 0 Å². The van der Waals surface area contributed by atoms with Crippen molar-refractivity contribution in [3.63, 3.8) is 0 Å². The Morgan fingerprint density at radius 3 is 2.00 bits per heavy atom. The van der Waals surface area contributed by atoms with Gasteiger partial charge in [-0.15, -0.1) is 0 Å². The number of alkyl halides is 6. The zero-order chi connectivity index (χ0) is 18.1. The lowest BCUT2D eigenvalue weighted by molar-refractivity contribution is -0.292. The van der Waals surface area contributed by atoms with E-state index in [1.165, 1.54) is 0 Å². The molecule has 0 aliphatic carbocycles. The van der Waals surface area contributed by atoms with Crippen LogP contribution in [0.15, 0.2) is 29.2 Å². The van der Waals surface area contributed by atoms with E-state index in [9.17, 15) is 39.2 Å². The Labute approximate surface area is 126 Å². The predicted molar refractivity (Wildman–Crippen MR) is 63.2 cm³/mol. The van der Waals surface area contributed by atoms with Crippen LogP contribution in [0.1, 0.15) is 0 Å². The molecule has 0 aliphatic heterocycles. The number of nitrogens with one attached hydrogen (secondary N) is 1. The van der Waals surface area contributed by atoms with Crippen molar-refractivity contribution in [2.75, 3.05) is 6.61 Å². The average molecular weight is 369 g/mol. The highest BCUT2D eigenvalue weighted by Gasteiger charge is 2.60. The standard InChI is InChI=1S/C11H10F7NO3S/c12-6-2-1-3-7(4-6)23(21,22)19-8(5-20)9(10(13,14)15)11(16,17)18/h1-4,8-9,19-20H,5H2. The predicted octanol–water partition coefficient (Wildman–Crippen LogP) is 2.21. The number of hydrogen-bond donors (Lipinski definition) is 2. The molecular formula is C11H10F7NO3S. The van der Waals surface area contributed by atoms with Gasteiger partial charge in [0.2, 0.25) is 10.0 Å². The quantitative estimate of drug-likeness (QED) is 0.783. The lowest BCUT2D eigenvalue weighted by atomic mass is 10.00. The molecule has 0 spiro atoms. The number of aliphatic hydroxyl groups is 1. The molecule has 0 saturated heterocycles. The summed E-state index contributed by atoms with van der Waals surface area (Å²) in [7, 11) is -4.91. The second-order valence-corrected chi connectivity index (χ2v) is 6.14. The molecule has 1 rings (SSSR count). The minimum atomic E-state index is -5.85. The molecule has 2 N–H and O–H groups in total. The maximum Gasteiger partial charge on any atom is 0.402 e. The molecule has 0 heterocycles. The summed E-state index contributed by atoms with van der Waals surface area (Å²) in [6.45, 7) is -1.77. The molecule has 0 bridgehead atoms. The first-order valence-electron chi connectivity index (χ1n) is 5.81. The summed E-state index contributed by atoms with van der Waals surface area (Å²) in [5, 5.41) is 8.79. The van der Waals surface area contributed by atoms with Crippen molar-refractivity contribution >= 4 is 10.0 Å². The summed E-state index contributed by atoms with van der Waals surface area (Å²) in [4.78, 5) is -0.876. The van der Waals surface area contributed by atoms with E-state index in [0.29, 0.717) is 6.07 Å². The van der Waals surface area contributed by atoms with Crippen molar-refractivity contribution in [1.29, 1.82) is 0 Å². The normalized spacial score (nSPS) is 15.0. The highest BCUT2D eigenvalue weighted by molar-refractivity contribution is 7.89. The molecule has 0 radical (unpaired) electrons. The van der Waals surface area contributed by atoms with Crippen LogP contribution in [0.4, 0.5) is 30.7 Å². The van der Waals surface area contributed by atoms with Gasteiger partial charge in [-0.2, -0.15) is 26.3 Å². The molecular weight excluding hydrogens is 359 g/mol. The fraction of sp³-hybridized carbons (Fsp3) is 0.455. The van der Waals surface area contributed by atoms with Gasteiger partial charge >= 0.3 is 12.4 Å². The summed E-state index contributed by atoms with van der Waals surface area (Å²) in [6, 6.07) is 0.00561. The smallest absolute Gasteiger partial charge is 0.395 e. The van der Waals surface area contributed by atoms with Crippen molar-refractivity contribution in [1.82, 2.24) is 4.72 Å². The largest absolute Gasteiger partial charge is 0.402 e. The van der Waals surface area contributed by atoms with Gasteiger partial charge in [0, 0.05) is 0 Å². The van der Waals surface area contributed by atoms with Crippen LogP contribution < -0.4 is 4.72 Å². The fourth-order valence-electron chi connectivity index (χ4n) is 1.75. The minimum absolute atomic E-state index is 0.410. The van der Waals surface area contributed by atoms with Gasteiger partial charge < -0.3 is 5.11 Å². The summed E-state index contributed by atoms with van der Waals surface area (Å²) < 4.78 is 113. The average Bonchev–Trinajstić information content (AvgIpc) is 2.34. The van der Waals surface area contributed by atoms with E-state index in [1.54, 1.807) is 0 Å². The van der Waals surface area contributed by atoms with Crippen LogP contribution >= 0.6 is 0 Å². The first kappa shape index (κ1) is 19.6. The third-order valence-corrected chi connectivity index (χ3v) is 4.20. The van der Waals surface area contributed by atoms with Gasteiger partial charge in [-0.3, -0.25) is 0 Å². The molecule has 0 fully saturated rings. The van der Waals surface area contributed by atoms with Crippen LogP contribution in [0.2, 0.25) is 0 Å². The van der Waals surface area contributed by atoms with Gasteiger partial charge in [0.05, 0.1) is 17.5 Å². The van der Waals surface area contributed by atoms with E-state index >= 15 is 0 Å². The number of benzene rings is 1. The minimum Gasteiger partial charge on any atom is -0.395 e. The molecule has 132 valence electrons. The van der Waals surface area contributed by atoms with Crippen LogP contribution in [0, 0.1) is 11.7 Å². The zero-order valence-corrected chi connectivity index (χ0v) is 11.8. The molecule has 0 amide bonds. The zero-order valence-electron chi connectivity index (χ0n) is 11.0. The van der Waals surface area contributed by atoms with Crippen molar-refractivity contribution in [2.45, 2.75) is 23.3 Å². The van der Waals surface area contributed by atoms with Gasteiger partial charge in [-0.1, -0.05) is 6.07 Å². The summed E-state index contributed by atoms with van der Waals surface area (Å²) in [6.07, 6.45) is -11.7. The van der Waals surface area contributed by atoms with Crippen LogP contribution in [-0.4, -0.2) is 38.5 Å². The molecule has 4 nitrogen and oxygen atoms in total. The van der Waals surface area contributed by atoms with E-state index in [2.05, 4.69) is 0 Å². The van der Waals surface area contributed by atoms with Crippen LogP contribution in [-0.2, 0) is 10.0 Å². The summed E-state index contributed by atoms with van der Waals surface area (Å²) >= 11 is 0. The first-order valence-corrected chi connectivity index (χ1v) is 7.29. The Balaban J connectivity index is 3.20. The van der Waals surface area contributed by atoms with Gasteiger partial charge in [0.25, 0.3) is 0 Å².